The van der Waals surface area contributed by atoms with Crippen LogP contribution in [0.25, 0.3) is 0 Å². The first kappa shape index (κ1) is 100. The second-order valence-corrected chi connectivity index (χ2v) is 31.3. The van der Waals surface area contributed by atoms with Crippen LogP contribution in [0.2, 0.25) is 0 Å². The largest absolute Gasteiger partial charge is 0.472 e. The van der Waals surface area contributed by atoms with Gasteiger partial charge in [-0.25, -0.2) is 9.13 Å². The summed E-state index contributed by atoms with van der Waals surface area (Å²) in [5, 5.41) is 10.7. The maximum absolute atomic E-state index is 13.1. The highest BCUT2D eigenvalue weighted by Crippen LogP contribution is 2.45. The van der Waals surface area contributed by atoms with Crippen molar-refractivity contribution >= 4 is 39.5 Å². The van der Waals surface area contributed by atoms with E-state index in [1.54, 1.807) is 0 Å². The van der Waals surface area contributed by atoms with E-state index in [-0.39, 0.29) is 25.7 Å². The van der Waals surface area contributed by atoms with Gasteiger partial charge in [-0.3, -0.25) is 37.3 Å². The van der Waals surface area contributed by atoms with E-state index in [9.17, 15) is 43.2 Å². The highest BCUT2D eigenvalue weighted by Gasteiger charge is 2.30. The predicted octanol–water partition coefficient (Wildman–Crippen LogP) is 24.8. The summed E-state index contributed by atoms with van der Waals surface area (Å²) in [4.78, 5) is 73.1. The number of esters is 4. The van der Waals surface area contributed by atoms with E-state index >= 15 is 0 Å². The molecule has 0 spiro atoms. The van der Waals surface area contributed by atoms with Gasteiger partial charge in [-0.1, -0.05) is 319 Å². The van der Waals surface area contributed by atoms with Gasteiger partial charge in [0.2, 0.25) is 0 Å². The van der Waals surface area contributed by atoms with Crippen molar-refractivity contribution in [2.45, 2.75) is 406 Å². The molecule has 0 aromatic rings. The Kier molecular flexibility index (Phi) is 75.0. The number of allylic oxidation sites excluding steroid dienone is 12. The van der Waals surface area contributed by atoms with Gasteiger partial charge in [0.05, 0.1) is 26.4 Å². The molecular formula is C85H154O17P2. The Morgan fingerprint density at radius 1 is 0.269 bits per heavy atom. The first-order valence-corrected chi connectivity index (χ1v) is 45.2. The third-order valence-electron chi connectivity index (χ3n) is 18.1. The van der Waals surface area contributed by atoms with Crippen LogP contribution in [0.5, 0.6) is 0 Å². The smallest absolute Gasteiger partial charge is 0.462 e. The van der Waals surface area contributed by atoms with E-state index in [0.717, 1.165) is 128 Å². The first-order valence-electron chi connectivity index (χ1n) is 42.2. The fourth-order valence-electron chi connectivity index (χ4n) is 11.7. The summed E-state index contributed by atoms with van der Waals surface area (Å²) in [5.74, 6) is -2.23. The molecule has 0 amide bonds. The van der Waals surface area contributed by atoms with Crippen LogP contribution in [0.3, 0.4) is 0 Å². The fraction of sp³-hybridized carbons (Fsp3) is 0.812. The zero-order valence-electron chi connectivity index (χ0n) is 66.5. The number of unbranched alkanes of at least 4 members (excludes halogenated alkanes) is 42. The number of phosphoric ester groups is 2. The van der Waals surface area contributed by atoms with Crippen molar-refractivity contribution in [3.63, 3.8) is 0 Å². The van der Waals surface area contributed by atoms with Gasteiger partial charge in [-0.05, 0) is 116 Å². The molecule has 19 heteroatoms. The molecule has 5 atom stereocenters. The summed E-state index contributed by atoms with van der Waals surface area (Å²) in [7, 11) is -9.97. The van der Waals surface area contributed by atoms with Crippen molar-refractivity contribution in [3.05, 3.63) is 72.9 Å². The van der Waals surface area contributed by atoms with Gasteiger partial charge in [0.1, 0.15) is 19.3 Å². The summed E-state index contributed by atoms with van der Waals surface area (Å²) < 4.78 is 68.7. The number of carbonyl (C=O) groups excluding carboxylic acids is 4. The lowest BCUT2D eigenvalue weighted by atomic mass is 10.0. The van der Waals surface area contributed by atoms with E-state index in [2.05, 4.69) is 88.5 Å². The Labute approximate surface area is 634 Å². The lowest BCUT2D eigenvalue weighted by Gasteiger charge is -2.21. The molecule has 0 aliphatic carbocycles. The number of hydrogen-bond acceptors (Lipinski definition) is 15. The molecule has 606 valence electrons. The van der Waals surface area contributed by atoms with Crippen LogP contribution < -0.4 is 0 Å². The zero-order valence-corrected chi connectivity index (χ0v) is 68.2. The number of rotatable bonds is 80. The Morgan fingerprint density at radius 2 is 0.481 bits per heavy atom. The lowest BCUT2D eigenvalue weighted by Crippen LogP contribution is -2.30. The van der Waals surface area contributed by atoms with Gasteiger partial charge < -0.3 is 33.8 Å². The molecule has 0 heterocycles. The van der Waals surface area contributed by atoms with Crippen molar-refractivity contribution in [2.24, 2.45) is 0 Å². The second-order valence-electron chi connectivity index (χ2n) is 28.4. The monoisotopic (exact) mass is 1510 g/mol. The minimum atomic E-state index is -4.99. The number of aliphatic hydroxyl groups excluding tert-OH is 1. The first-order chi connectivity index (χ1) is 50.7. The average molecular weight is 1510 g/mol. The summed E-state index contributed by atoms with van der Waals surface area (Å²) >= 11 is 0. The average Bonchev–Trinajstić information content (AvgIpc) is 0.907. The topological polar surface area (TPSA) is 237 Å². The molecule has 2 unspecified atom stereocenters. The number of ether oxygens (including phenoxy) is 4. The molecule has 0 saturated carbocycles. The minimum Gasteiger partial charge on any atom is -0.462 e. The van der Waals surface area contributed by atoms with Gasteiger partial charge in [0.15, 0.2) is 12.2 Å². The van der Waals surface area contributed by atoms with E-state index in [1.807, 2.05) is 12.2 Å². The molecule has 0 fully saturated rings. The van der Waals surface area contributed by atoms with Crippen LogP contribution in [-0.2, 0) is 65.4 Å². The Balaban J connectivity index is 5.39. The Bertz CT molecular complexity index is 2250. The van der Waals surface area contributed by atoms with Crippen LogP contribution in [-0.4, -0.2) is 96.7 Å². The van der Waals surface area contributed by atoms with Crippen LogP contribution >= 0.6 is 15.6 Å². The van der Waals surface area contributed by atoms with Crippen molar-refractivity contribution in [2.75, 3.05) is 39.6 Å². The molecule has 17 nitrogen and oxygen atoms in total. The van der Waals surface area contributed by atoms with Crippen molar-refractivity contribution in [3.8, 4) is 0 Å². The van der Waals surface area contributed by atoms with E-state index in [4.69, 9.17) is 37.0 Å². The normalized spacial score (nSPS) is 14.2. The summed E-state index contributed by atoms with van der Waals surface area (Å²) in [6, 6.07) is 0. The van der Waals surface area contributed by atoms with Gasteiger partial charge >= 0.3 is 39.5 Å². The van der Waals surface area contributed by atoms with E-state index in [0.29, 0.717) is 32.1 Å². The van der Waals surface area contributed by atoms with Crippen molar-refractivity contribution < 1.29 is 80.2 Å². The quantitative estimate of drug-likeness (QED) is 0.0169. The van der Waals surface area contributed by atoms with E-state index < -0.39 is 97.5 Å². The molecule has 0 aliphatic heterocycles. The molecule has 0 radical (unpaired) electrons. The maximum atomic E-state index is 13.1. The van der Waals surface area contributed by atoms with Crippen LogP contribution in [0.1, 0.15) is 387 Å². The van der Waals surface area contributed by atoms with Gasteiger partial charge in [-0.15, -0.1) is 0 Å². The Morgan fingerprint density at radius 3 is 0.788 bits per heavy atom. The molecule has 104 heavy (non-hydrogen) atoms. The molecule has 0 aromatic carbocycles. The van der Waals surface area contributed by atoms with E-state index in [1.165, 1.54) is 173 Å². The molecule has 0 aliphatic rings. The van der Waals surface area contributed by atoms with Gasteiger partial charge in [0.25, 0.3) is 0 Å². The highest BCUT2D eigenvalue weighted by atomic mass is 31.2. The molecular weight excluding hydrogens is 1350 g/mol. The Hall–Kier alpha value is -3.50. The molecule has 0 aromatic heterocycles. The van der Waals surface area contributed by atoms with Crippen molar-refractivity contribution in [1.82, 2.24) is 0 Å². The minimum absolute atomic E-state index is 0.0203. The maximum Gasteiger partial charge on any atom is 0.472 e. The van der Waals surface area contributed by atoms with Gasteiger partial charge in [-0.2, -0.15) is 0 Å². The lowest BCUT2D eigenvalue weighted by molar-refractivity contribution is -0.161. The second kappa shape index (κ2) is 77.7. The molecule has 0 bridgehead atoms. The molecule has 0 saturated heterocycles. The SMILES string of the molecule is CCCCC/C=C\C/C=C\C/C=C\C/C=C\CCCC(=O)O[C@H](COC(=O)CCCCCCC/C=C\CCCCCCCC)COP(=O)(O)OC[C@H](O)COP(=O)(O)OC[C@@H](COC(=O)CCCCCCC/C=C\CCCCCCCC)OC(=O)CCCCCCCCCCCCCCCCCCC. The third-order valence-corrected chi connectivity index (χ3v) is 20.0. The number of phosphoric acid groups is 2. The fourth-order valence-corrected chi connectivity index (χ4v) is 13.3. The summed E-state index contributed by atoms with van der Waals surface area (Å²) in [6.07, 6.45) is 80.2. The van der Waals surface area contributed by atoms with Crippen LogP contribution in [0.15, 0.2) is 72.9 Å². The number of carbonyl (C=O) groups is 4. The molecule has 3 N–H and O–H groups in total. The van der Waals surface area contributed by atoms with Crippen molar-refractivity contribution in [1.29, 1.82) is 0 Å². The van der Waals surface area contributed by atoms with Crippen LogP contribution in [0, 0.1) is 0 Å². The predicted molar refractivity (Wildman–Crippen MR) is 427 cm³/mol. The highest BCUT2D eigenvalue weighted by molar-refractivity contribution is 7.47. The number of hydrogen-bond donors (Lipinski definition) is 3. The summed E-state index contributed by atoms with van der Waals surface area (Å²) in [6.45, 7) is 4.84. The zero-order chi connectivity index (χ0) is 76.0. The standard InChI is InChI=1S/C85H154O17P2/c1-5-9-13-17-21-25-29-33-37-39-43-47-51-55-59-63-67-71-84(89)101-80(75-95-82(87)69-65-61-57-53-49-45-41-35-31-27-23-19-15-11-7-3)77-99-103(91,92)97-73-79(86)74-98-104(93,94)100-78-81(76-96-83(88)70-66-62-58-54-50-46-42-36-32-28-24-20-16-12-8-4)102-85(90)72-68-64-60-56-52-48-44-40-38-34-30-26-22-18-14-10-6-2/h21,25,33,35-37,41-43,47,55,59,79-81,86H,5-20,22-24,26-32,34,38-40,44-46,48-54,56-58,60-78H2,1-4H3,(H,91,92)(H,93,94)/b25-21-,37-33-,41-35-,42-36-,47-43-,59-55-/t79-,80+,81+/m0/s1. The van der Waals surface area contributed by atoms with Gasteiger partial charge in [0, 0.05) is 25.7 Å². The number of aliphatic hydroxyl groups is 1. The van der Waals surface area contributed by atoms with Crippen LogP contribution in [0.4, 0.5) is 0 Å². The third kappa shape index (κ3) is 76.7. The summed E-state index contributed by atoms with van der Waals surface area (Å²) in [5.41, 5.74) is 0. The molecule has 0 rings (SSSR count).